The minimum absolute atomic E-state index is 0.188. The van der Waals surface area contributed by atoms with Crippen molar-refractivity contribution in [1.29, 1.82) is 0 Å². The van der Waals surface area contributed by atoms with Gasteiger partial charge >= 0.3 is 0 Å². The number of nitrogens with one attached hydrogen (secondary N) is 1. The summed E-state index contributed by atoms with van der Waals surface area (Å²) in [5.74, 6) is 0.872. The van der Waals surface area contributed by atoms with Crippen LogP contribution in [0.4, 0.5) is 0 Å². The zero-order valence-corrected chi connectivity index (χ0v) is 17.2. The van der Waals surface area contributed by atoms with Gasteiger partial charge in [-0.05, 0) is 71.3 Å². The highest BCUT2D eigenvalue weighted by atomic mass is 16.5. The van der Waals surface area contributed by atoms with Gasteiger partial charge in [0, 0.05) is 0 Å². The lowest BCUT2D eigenvalue weighted by atomic mass is 10.0. The van der Waals surface area contributed by atoms with Gasteiger partial charge in [0.05, 0.1) is 24.4 Å². The van der Waals surface area contributed by atoms with Crippen LogP contribution in [-0.4, -0.2) is 32.7 Å². The van der Waals surface area contributed by atoms with Crippen molar-refractivity contribution in [1.82, 2.24) is 25.5 Å². The number of benzene rings is 3. The smallest absolute Gasteiger partial charge is 0.256 e. The number of fused-ring (bicyclic) bond motifs is 1. The monoisotopic (exact) mass is 401 g/mol. The molecule has 7 nitrogen and oxygen atoms in total. The maximum atomic E-state index is 13.1. The van der Waals surface area contributed by atoms with Gasteiger partial charge in [0.1, 0.15) is 5.75 Å². The lowest BCUT2D eigenvalue weighted by Crippen LogP contribution is -2.25. The van der Waals surface area contributed by atoms with E-state index in [4.69, 9.17) is 4.74 Å². The summed E-state index contributed by atoms with van der Waals surface area (Å²) in [5, 5.41) is 16.7. The van der Waals surface area contributed by atoms with Gasteiger partial charge in [-0.2, -0.15) is 4.68 Å². The first-order valence-corrected chi connectivity index (χ1v) is 9.86. The van der Waals surface area contributed by atoms with Crippen molar-refractivity contribution >= 4 is 16.7 Å². The molecule has 1 heterocycles. The van der Waals surface area contributed by atoms with Crippen LogP contribution in [0.1, 0.15) is 34.2 Å². The highest BCUT2D eigenvalue weighted by Crippen LogP contribution is 2.28. The third-order valence-corrected chi connectivity index (χ3v) is 5.09. The lowest BCUT2D eigenvalue weighted by Gasteiger charge is -2.13. The molecule has 0 bridgehead atoms. The molecule has 0 saturated carbocycles. The number of carbonyl (C=O) groups excluding carboxylic acids is 1. The predicted molar refractivity (Wildman–Crippen MR) is 115 cm³/mol. The van der Waals surface area contributed by atoms with Gasteiger partial charge in [0.25, 0.3) is 5.91 Å². The number of carbonyl (C=O) groups is 1. The van der Waals surface area contributed by atoms with E-state index in [9.17, 15) is 4.79 Å². The van der Waals surface area contributed by atoms with Crippen LogP contribution >= 0.6 is 0 Å². The third kappa shape index (κ3) is 3.74. The largest absolute Gasteiger partial charge is 0.493 e. The Morgan fingerprint density at radius 3 is 2.70 bits per heavy atom. The SMILES string of the molecule is CCOc1ccc2ccccc2c1C(=O)NCc1nnnn1-c1ccc(C)c(C)c1. The fourth-order valence-electron chi connectivity index (χ4n) is 3.38. The molecule has 0 aliphatic heterocycles. The van der Waals surface area contributed by atoms with Crippen LogP contribution in [-0.2, 0) is 6.54 Å². The molecule has 0 aliphatic carbocycles. The normalized spacial score (nSPS) is 10.9. The van der Waals surface area contributed by atoms with Crippen molar-refractivity contribution in [3.8, 4) is 11.4 Å². The molecule has 0 aliphatic rings. The Kier molecular flexibility index (Phi) is 5.43. The molecule has 0 unspecified atom stereocenters. The highest BCUT2D eigenvalue weighted by Gasteiger charge is 2.18. The average molecular weight is 401 g/mol. The maximum Gasteiger partial charge on any atom is 0.256 e. The van der Waals surface area contributed by atoms with E-state index in [2.05, 4.69) is 27.8 Å². The number of ether oxygens (including phenoxy) is 1. The van der Waals surface area contributed by atoms with Crippen LogP contribution < -0.4 is 10.1 Å². The summed E-state index contributed by atoms with van der Waals surface area (Å²) in [6.45, 7) is 6.66. The first-order chi connectivity index (χ1) is 14.6. The first-order valence-electron chi connectivity index (χ1n) is 9.86. The summed E-state index contributed by atoms with van der Waals surface area (Å²) >= 11 is 0. The van der Waals surface area contributed by atoms with Crippen LogP contribution in [0.2, 0.25) is 0 Å². The molecule has 30 heavy (non-hydrogen) atoms. The predicted octanol–water partition coefficient (Wildman–Crippen LogP) is 3.76. The molecule has 4 rings (SSSR count). The quantitative estimate of drug-likeness (QED) is 0.532. The van der Waals surface area contributed by atoms with Crippen LogP contribution in [0.15, 0.2) is 54.6 Å². The first kappa shape index (κ1) is 19.6. The molecule has 0 fully saturated rings. The Bertz CT molecular complexity index is 1220. The molecule has 3 aromatic carbocycles. The topological polar surface area (TPSA) is 81.9 Å². The van der Waals surface area contributed by atoms with Crippen molar-refractivity contribution in [2.75, 3.05) is 6.61 Å². The molecule has 0 saturated heterocycles. The van der Waals surface area contributed by atoms with E-state index in [-0.39, 0.29) is 12.5 Å². The molecule has 4 aromatic rings. The van der Waals surface area contributed by atoms with Gasteiger partial charge in [-0.1, -0.05) is 36.4 Å². The van der Waals surface area contributed by atoms with E-state index in [1.165, 1.54) is 5.56 Å². The number of nitrogens with zero attached hydrogens (tertiary/aromatic N) is 4. The molecule has 7 heteroatoms. The Balaban J connectivity index is 1.62. The number of rotatable bonds is 6. The number of tetrazole rings is 1. The van der Waals surface area contributed by atoms with E-state index in [0.717, 1.165) is 22.0 Å². The molecular weight excluding hydrogens is 378 g/mol. The minimum atomic E-state index is -0.232. The summed E-state index contributed by atoms with van der Waals surface area (Å²) < 4.78 is 7.35. The van der Waals surface area contributed by atoms with Gasteiger partial charge in [-0.25, -0.2) is 0 Å². The third-order valence-electron chi connectivity index (χ3n) is 5.09. The van der Waals surface area contributed by atoms with E-state index >= 15 is 0 Å². The fourth-order valence-corrected chi connectivity index (χ4v) is 3.38. The van der Waals surface area contributed by atoms with Gasteiger partial charge < -0.3 is 10.1 Å². The second-order valence-electron chi connectivity index (χ2n) is 7.05. The number of hydrogen-bond donors (Lipinski definition) is 1. The average Bonchev–Trinajstić information content (AvgIpc) is 3.22. The Labute approximate surface area is 174 Å². The van der Waals surface area contributed by atoms with Crippen molar-refractivity contribution in [3.63, 3.8) is 0 Å². The second kappa shape index (κ2) is 8.32. The summed E-state index contributed by atoms with van der Waals surface area (Å²) in [6.07, 6.45) is 0. The Hall–Kier alpha value is -3.74. The van der Waals surface area contributed by atoms with Crippen molar-refractivity contribution < 1.29 is 9.53 Å². The van der Waals surface area contributed by atoms with Gasteiger partial charge in [-0.3, -0.25) is 4.79 Å². The lowest BCUT2D eigenvalue weighted by molar-refractivity contribution is 0.0947. The summed E-state index contributed by atoms with van der Waals surface area (Å²) in [5.41, 5.74) is 3.71. The molecule has 0 radical (unpaired) electrons. The van der Waals surface area contributed by atoms with Crippen LogP contribution in [0.5, 0.6) is 5.75 Å². The standard InChI is InChI=1S/C23H23N5O2/c1-4-30-20-12-10-17-7-5-6-8-19(17)22(20)23(29)24-14-21-25-26-27-28(21)18-11-9-15(2)16(3)13-18/h5-13H,4,14H2,1-3H3,(H,24,29). The molecular formula is C23H23N5O2. The van der Waals surface area contributed by atoms with Crippen molar-refractivity contribution in [2.24, 2.45) is 0 Å². The van der Waals surface area contributed by atoms with Crippen molar-refractivity contribution in [3.05, 3.63) is 77.1 Å². The molecule has 1 amide bonds. The summed E-state index contributed by atoms with van der Waals surface area (Å²) in [6, 6.07) is 17.6. The van der Waals surface area contributed by atoms with Gasteiger partial charge in [0.2, 0.25) is 0 Å². The molecule has 0 atom stereocenters. The fraction of sp³-hybridized carbons (Fsp3) is 0.217. The summed E-state index contributed by atoms with van der Waals surface area (Å²) in [4.78, 5) is 13.1. The van der Waals surface area contributed by atoms with Crippen LogP contribution in [0.25, 0.3) is 16.5 Å². The second-order valence-corrected chi connectivity index (χ2v) is 7.05. The zero-order chi connectivity index (χ0) is 21.1. The number of aromatic nitrogens is 4. The Morgan fingerprint density at radius 2 is 1.90 bits per heavy atom. The highest BCUT2D eigenvalue weighted by molar-refractivity contribution is 6.09. The van der Waals surface area contributed by atoms with Crippen LogP contribution in [0.3, 0.4) is 0 Å². The molecule has 1 aromatic heterocycles. The zero-order valence-electron chi connectivity index (χ0n) is 17.2. The van der Waals surface area contributed by atoms with Crippen molar-refractivity contribution in [2.45, 2.75) is 27.3 Å². The molecule has 1 N–H and O–H groups in total. The summed E-state index contributed by atoms with van der Waals surface area (Å²) in [7, 11) is 0. The van der Waals surface area contributed by atoms with Gasteiger partial charge in [0.15, 0.2) is 5.82 Å². The number of aryl methyl sites for hydroxylation is 2. The minimum Gasteiger partial charge on any atom is -0.493 e. The molecule has 152 valence electrons. The molecule has 0 spiro atoms. The van der Waals surface area contributed by atoms with Crippen LogP contribution in [0, 0.1) is 13.8 Å². The number of hydrogen-bond acceptors (Lipinski definition) is 5. The number of amides is 1. The van der Waals surface area contributed by atoms with E-state index in [1.54, 1.807) is 4.68 Å². The maximum absolute atomic E-state index is 13.1. The van der Waals surface area contributed by atoms with E-state index in [0.29, 0.717) is 23.7 Å². The van der Waals surface area contributed by atoms with E-state index < -0.39 is 0 Å². The van der Waals surface area contributed by atoms with Gasteiger partial charge in [-0.15, -0.1) is 5.10 Å². The Morgan fingerprint density at radius 1 is 1.07 bits per heavy atom. The van der Waals surface area contributed by atoms with E-state index in [1.807, 2.05) is 68.4 Å².